The zero-order valence-electron chi connectivity index (χ0n) is 21.5. The summed E-state index contributed by atoms with van der Waals surface area (Å²) in [6.45, 7) is 20.3. The molecule has 1 aromatic rings. The molecule has 0 aromatic heterocycles. The molecule has 32 heavy (non-hydrogen) atoms. The molecule has 0 fully saturated rings. The lowest BCUT2D eigenvalue weighted by Gasteiger charge is -2.30. The molecule has 0 radical (unpaired) electrons. The van der Waals surface area contributed by atoms with Gasteiger partial charge in [-0.15, -0.1) is 0 Å². The van der Waals surface area contributed by atoms with Crippen molar-refractivity contribution >= 4 is 11.9 Å². The monoisotopic (exact) mass is 444 g/mol. The third kappa shape index (κ3) is 5.93. The fourth-order valence-corrected chi connectivity index (χ4v) is 4.28. The zero-order valence-corrected chi connectivity index (χ0v) is 21.5. The molecule has 0 saturated heterocycles. The molecule has 5 nitrogen and oxygen atoms in total. The number of esters is 2. The van der Waals surface area contributed by atoms with E-state index in [1.54, 1.807) is 13.8 Å². The standard InChI is InChI=1S/C27H40O5/c1-11-30-24(29)17(2)13-12-14-27(10)16-19-21(32-27)15-20(25(4,5)6)23(31-18(3)28)22(19)26(7,8)9/h13,15H,11-12,14,16H2,1-10H3. The molecule has 0 spiro atoms. The summed E-state index contributed by atoms with van der Waals surface area (Å²) in [5.41, 5.74) is 2.88. The minimum atomic E-state index is -0.405. The highest BCUT2D eigenvalue weighted by atomic mass is 16.5. The maximum Gasteiger partial charge on any atom is 0.333 e. The minimum Gasteiger partial charge on any atom is -0.487 e. The number of fused-ring (bicyclic) bond motifs is 1. The summed E-state index contributed by atoms with van der Waals surface area (Å²) >= 11 is 0. The van der Waals surface area contributed by atoms with E-state index in [4.69, 9.17) is 14.2 Å². The van der Waals surface area contributed by atoms with E-state index in [2.05, 4.69) is 48.5 Å². The quantitative estimate of drug-likeness (QED) is 0.297. The van der Waals surface area contributed by atoms with Gasteiger partial charge in [-0.2, -0.15) is 0 Å². The minimum absolute atomic E-state index is 0.221. The van der Waals surface area contributed by atoms with Crippen molar-refractivity contribution < 1.29 is 23.8 Å². The van der Waals surface area contributed by atoms with Crippen LogP contribution in [0.5, 0.6) is 11.5 Å². The second kappa shape index (κ2) is 9.29. The smallest absolute Gasteiger partial charge is 0.333 e. The van der Waals surface area contributed by atoms with E-state index in [1.807, 2.05) is 12.1 Å². The molecule has 1 aliphatic heterocycles. The highest BCUT2D eigenvalue weighted by molar-refractivity contribution is 5.87. The summed E-state index contributed by atoms with van der Waals surface area (Å²) in [6, 6.07) is 2.05. The van der Waals surface area contributed by atoms with E-state index in [0.29, 0.717) is 24.4 Å². The van der Waals surface area contributed by atoms with Crippen molar-refractivity contribution in [3.63, 3.8) is 0 Å². The lowest BCUT2D eigenvalue weighted by molar-refractivity contribution is -0.138. The SMILES string of the molecule is CCOC(=O)C(C)=CCCC1(C)Cc2c(cc(C(C)(C)C)c(OC(C)=O)c2C(C)(C)C)O1. The van der Waals surface area contributed by atoms with E-state index in [9.17, 15) is 9.59 Å². The molecule has 1 atom stereocenters. The molecule has 0 bridgehead atoms. The van der Waals surface area contributed by atoms with Crippen LogP contribution in [0.15, 0.2) is 17.7 Å². The van der Waals surface area contributed by atoms with Crippen LogP contribution in [0, 0.1) is 0 Å². The van der Waals surface area contributed by atoms with Crippen molar-refractivity contribution in [1.29, 1.82) is 0 Å². The summed E-state index contributed by atoms with van der Waals surface area (Å²) < 4.78 is 17.4. The van der Waals surface area contributed by atoms with E-state index in [1.165, 1.54) is 6.92 Å². The Hall–Kier alpha value is -2.30. The molecule has 0 amide bonds. The average Bonchev–Trinajstić information content (AvgIpc) is 2.94. The van der Waals surface area contributed by atoms with Crippen LogP contribution in [0.2, 0.25) is 0 Å². The molecule has 5 heteroatoms. The first-order valence-corrected chi connectivity index (χ1v) is 11.5. The van der Waals surface area contributed by atoms with Gasteiger partial charge in [0.25, 0.3) is 0 Å². The maximum absolute atomic E-state index is 12.0. The van der Waals surface area contributed by atoms with E-state index in [-0.39, 0.29) is 22.8 Å². The summed E-state index contributed by atoms with van der Waals surface area (Å²) in [6.07, 6.45) is 4.11. The third-order valence-corrected chi connectivity index (χ3v) is 5.78. The van der Waals surface area contributed by atoms with Crippen LogP contribution < -0.4 is 9.47 Å². The number of carbonyl (C=O) groups excluding carboxylic acids is 2. The fraction of sp³-hybridized carbons (Fsp3) is 0.630. The van der Waals surface area contributed by atoms with Gasteiger partial charge in [0.2, 0.25) is 0 Å². The second-order valence-corrected chi connectivity index (χ2v) is 11.1. The van der Waals surface area contributed by atoms with E-state index < -0.39 is 5.60 Å². The van der Waals surface area contributed by atoms with Gasteiger partial charge in [-0.05, 0) is 50.5 Å². The van der Waals surface area contributed by atoms with Crippen LogP contribution in [0.25, 0.3) is 0 Å². The van der Waals surface area contributed by atoms with E-state index in [0.717, 1.165) is 35.3 Å². The van der Waals surface area contributed by atoms with Gasteiger partial charge in [0.1, 0.15) is 17.1 Å². The highest BCUT2D eigenvalue weighted by Crippen LogP contribution is 2.50. The summed E-state index contributed by atoms with van der Waals surface area (Å²) in [5, 5.41) is 0. The Labute approximate surface area is 193 Å². The average molecular weight is 445 g/mol. The number of ether oxygens (including phenoxy) is 3. The molecule has 1 unspecified atom stereocenters. The normalized spacial score (nSPS) is 18.8. The summed E-state index contributed by atoms with van der Waals surface area (Å²) in [5.74, 6) is 0.942. The van der Waals surface area contributed by atoms with Gasteiger partial charge in [-0.3, -0.25) is 4.79 Å². The van der Waals surface area contributed by atoms with Crippen molar-refractivity contribution in [2.75, 3.05) is 6.61 Å². The Morgan fingerprint density at radius 3 is 2.25 bits per heavy atom. The number of carbonyl (C=O) groups is 2. The molecule has 1 aliphatic rings. The molecule has 1 aromatic carbocycles. The summed E-state index contributed by atoms with van der Waals surface area (Å²) in [4.78, 5) is 23.9. The first-order chi connectivity index (χ1) is 14.6. The van der Waals surface area contributed by atoms with Crippen LogP contribution in [0.4, 0.5) is 0 Å². The first kappa shape index (κ1) is 26.0. The number of allylic oxidation sites excluding steroid dienone is 1. The molecule has 0 N–H and O–H groups in total. The lowest BCUT2D eigenvalue weighted by Crippen LogP contribution is -2.30. The molecular formula is C27H40O5. The van der Waals surface area contributed by atoms with Gasteiger partial charge in [0, 0.05) is 35.6 Å². The van der Waals surface area contributed by atoms with Crippen LogP contribution >= 0.6 is 0 Å². The zero-order chi connectivity index (χ0) is 24.5. The first-order valence-electron chi connectivity index (χ1n) is 11.5. The lowest BCUT2D eigenvalue weighted by atomic mass is 9.75. The molecule has 0 aliphatic carbocycles. The fourth-order valence-electron chi connectivity index (χ4n) is 4.28. The van der Waals surface area contributed by atoms with Crippen molar-refractivity contribution in [2.24, 2.45) is 0 Å². The summed E-state index contributed by atoms with van der Waals surface area (Å²) in [7, 11) is 0. The largest absolute Gasteiger partial charge is 0.487 e. The highest BCUT2D eigenvalue weighted by Gasteiger charge is 2.41. The Morgan fingerprint density at radius 1 is 1.12 bits per heavy atom. The van der Waals surface area contributed by atoms with Crippen LogP contribution in [-0.4, -0.2) is 24.1 Å². The predicted octanol–water partition coefficient (Wildman–Crippen LogP) is 6.19. The van der Waals surface area contributed by atoms with Crippen LogP contribution in [0.3, 0.4) is 0 Å². The van der Waals surface area contributed by atoms with Crippen LogP contribution in [0.1, 0.15) is 98.8 Å². The van der Waals surface area contributed by atoms with Crippen molar-refractivity contribution in [1.82, 2.24) is 0 Å². The molecule has 1 heterocycles. The van der Waals surface area contributed by atoms with E-state index >= 15 is 0 Å². The Kier molecular flexibility index (Phi) is 7.53. The molecule has 2 rings (SSSR count). The Balaban J connectivity index is 2.46. The van der Waals surface area contributed by atoms with Gasteiger partial charge in [-0.25, -0.2) is 4.79 Å². The molecular weight excluding hydrogens is 404 g/mol. The number of rotatable bonds is 6. The van der Waals surface area contributed by atoms with Gasteiger partial charge in [0.05, 0.1) is 6.61 Å². The van der Waals surface area contributed by atoms with Gasteiger partial charge in [-0.1, -0.05) is 47.6 Å². The third-order valence-electron chi connectivity index (χ3n) is 5.78. The van der Waals surface area contributed by atoms with Gasteiger partial charge in [0.15, 0.2) is 0 Å². The molecule has 178 valence electrons. The topological polar surface area (TPSA) is 61.8 Å². The van der Waals surface area contributed by atoms with Gasteiger partial charge >= 0.3 is 11.9 Å². The number of benzene rings is 1. The predicted molar refractivity (Wildman–Crippen MR) is 128 cm³/mol. The maximum atomic E-state index is 12.0. The number of hydrogen-bond donors (Lipinski definition) is 0. The molecule has 0 saturated carbocycles. The Morgan fingerprint density at radius 2 is 1.75 bits per heavy atom. The second-order valence-electron chi connectivity index (χ2n) is 11.1. The number of hydrogen-bond acceptors (Lipinski definition) is 5. The van der Waals surface area contributed by atoms with Crippen molar-refractivity contribution in [2.45, 2.75) is 105 Å². The van der Waals surface area contributed by atoms with Crippen molar-refractivity contribution in [3.8, 4) is 11.5 Å². The van der Waals surface area contributed by atoms with Crippen molar-refractivity contribution in [3.05, 3.63) is 34.4 Å². The van der Waals surface area contributed by atoms with Gasteiger partial charge < -0.3 is 14.2 Å². The Bertz CT molecular complexity index is 911. The van der Waals surface area contributed by atoms with Crippen LogP contribution in [-0.2, 0) is 31.6 Å².